The number of aromatic nitrogens is 2. The van der Waals surface area contributed by atoms with Crippen molar-refractivity contribution in [3.05, 3.63) is 15.7 Å². The van der Waals surface area contributed by atoms with E-state index in [0.717, 1.165) is 47.5 Å². The van der Waals surface area contributed by atoms with Crippen LogP contribution in [0.15, 0.2) is 0 Å². The summed E-state index contributed by atoms with van der Waals surface area (Å²) < 4.78 is 4.84. The molecule has 7 heteroatoms. The number of halogens is 1. The van der Waals surface area contributed by atoms with Gasteiger partial charge in [0, 0.05) is 13.1 Å². The Balaban J connectivity index is 2.18. The maximum absolute atomic E-state index is 11.9. The predicted molar refractivity (Wildman–Crippen MR) is 84.6 cm³/mol. The molecule has 1 saturated heterocycles. The molecule has 5 nitrogen and oxygen atoms in total. The molecule has 1 aliphatic rings. The van der Waals surface area contributed by atoms with Crippen molar-refractivity contribution < 1.29 is 9.53 Å². The molecule has 2 aromatic rings. The van der Waals surface area contributed by atoms with E-state index in [1.54, 1.807) is 0 Å². The second kappa shape index (κ2) is 5.77. The Hall–Kier alpha value is -1.40. The summed E-state index contributed by atoms with van der Waals surface area (Å²) in [4.78, 5) is 24.1. The molecular weight excluding hydrogens is 310 g/mol. The van der Waals surface area contributed by atoms with E-state index in [4.69, 9.17) is 16.3 Å². The molecule has 0 unspecified atom stereocenters. The number of rotatable bonds is 2. The maximum atomic E-state index is 11.9. The Labute approximate surface area is 131 Å². The van der Waals surface area contributed by atoms with Crippen molar-refractivity contribution in [2.75, 3.05) is 25.1 Å². The monoisotopic (exact) mass is 325 g/mol. The molecule has 0 aromatic carbocycles. The first-order valence-electron chi connectivity index (χ1n) is 6.91. The minimum absolute atomic E-state index is 0.223. The molecule has 1 aliphatic heterocycles. The number of thiophene rings is 1. The van der Waals surface area contributed by atoms with Crippen LogP contribution in [0.25, 0.3) is 10.2 Å². The highest BCUT2D eigenvalue weighted by Gasteiger charge is 2.24. The summed E-state index contributed by atoms with van der Waals surface area (Å²) in [6.07, 6.45) is 3.54. The van der Waals surface area contributed by atoms with Gasteiger partial charge in [-0.25, -0.2) is 9.78 Å². The molecule has 2 aromatic heterocycles. The number of anilines is 1. The van der Waals surface area contributed by atoms with E-state index in [-0.39, 0.29) is 11.3 Å². The molecule has 112 valence electrons. The lowest BCUT2D eigenvalue weighted by Crippen LogP contribution is -2.30. The zero-order valence-electron chi connectivity index (χ0n) is 12.0. The van der Waals surface area contributed by atoms with Gasteiger partial charge in [-0.1, -0.05) is 0 Å². The summed E-state index contributed by atoms with van der Waals surface area (Å²) in [5, 5.41) is 1.15. The van der Waals surface area contributed by atoms with Gasteiger partial charge in [0.2, 0.25) is 5.28 Å². The average molecular weight is 326 g/mol. The smallest absolute Gasteiger partial charge is 0.348 e. The molecule has 0 amide bonds. The number of nitrogens with zero attached hydrogens (tertiary/aromatic N) is 3. The lowest BCUT2D eigenvalue weighted by Gasteiger charge is -2.28. The summed E-state index contributed by atoms with van der Waals surface area (Å²) in [5.74, 6) is 0.504. The third kappa shape index (κ3) is 2.58. The number of piperidine rings is 1. The van der Waals surface area contributed by atoms with E-state index < -0.39 is 0 Å². The highest BCUT2D eigenvalue weighted by atomic mass is 35.5. The fraction of sp³-hybridized carbons (Fsp3) is 0.500. The number of aryl methyl sites for hydroxylation is 1. The Morgan fingerprint density at radius 2 is 2.00 bits per heavy atom. The maximum Gasteiger partial charge on any atom is 0.348 e. The number of fused-ring (bicyclic) bond motifs is 1. The normalized spacial score (nSPS) is 15.5. The van der Waals surface area contributed by atoms with Crippen LogP contribution in [-0.2, 0) is 4.74 Å². The van der Waals surface area contributed by atoms with Crippen molar-refractivity contribution in [1.29, 1.82) is 0 Å². The number of esters is 1. The summed E-state index contributed by atoms with van der Waals surface area (Å²) in [6.45, 7) is 3.84. The van der Waals surface area contributed by atoms with Gasteiger partial charge in [-0.3, -0.25) is 0 Å². The topological polar surface area (TPSA) is 55.3 Å². The lowest BCUT2D eigenvalue weighted by atomic mass is 10.1. The number of methoxy groups -OCH3 is 1. The standard InChI is InChI=1S/C14H16ClN3O2S/c1-8-9-11(18-6-4-3-5-7-18)16-14(15)17-12(9)21-10(8)13(19)20-2/h3-7H2,1-2H3. The zero-order chi connectivity index (χ0) is 15.0. The van der Waals surface area contributed by atoms with Gasteiger partial charge < -0.3 is 9.64 Å². The first-order valence-corrected chi connectivity index (χ1v) is 8.11. The molecule has 0 bridgehead atoms. The van der Waals surface area contributed by atoms with Gasteiger partial charge in [0.05, 0.1) is 12.5 Å². The molecule has 0 aliphatic carbocycles. The molecule has 1 fully saturated rings. The van der Waals surface area contributed by atoms with Crippen LogP contribution in [0, 0.1) is 6.92 Å². The third-order valence-corrected chi connectivity index (χ3v) is 5.10. The number of hydrogen-bond donors (Lipinski definition) is 0. The van der Waals surface area contributed by atoms with E-state index in [1.807, 2.05) is 6.92 Å². The Kier molecular flexibility index (Phi) is 3.99. The number of hydrogen-bond acceptors (Lipinski definition) is 6. The van der Waals surface area contributed by atoms with Gasteiger partial charge in [0.15, 0.2) is 0 Å². The molecule has 0 atom stereocenters. The van der Waals surface area contributed by atoms with E-state index in [9.17, 15) is 4.79 Å². The molecule has 0 spiro atoms. The van der Waals surface area contributed by atoms with Crippen LogP contribution in [-0.4, -0.2) is 36.1 Å². The first-order chi connectivity index (χ1) is 10.1. The first kappa shape index (κ1) is 14.5. The van der Waals surface area contributed by atoms with Gasteiger partial charge in [-0.05, 0) is 43.4 Å². The third-order valence-electron chi connectivity index (χ3n) is 3.77. The predicted octanol–water partition coefficient (Wildman–Crippen LogP) is 3.43. The Morgan fingerprint density at radius 1 is 1.29 bits per heavy atom. The molecule has 0 radical (unpaired) electrons. The van der Waals surface area contributed by atoms with Crippen molar-refractivity contribution >= 4 is 44.9 Å². The summed E-state index contributed by atoms with van der Waals surface area (Å²) in [6, 6.07) is 0. The highest BCUT2D eigenvalue weighted by Crippen LogP contribution is 2.37. The molecule has 0 saturated carbocycles. The van der Waals surface area contributed by atoms with Crippen molar-refractivity contribution in [2.45, 2.75) is 26.2 Å². The molecule has 21 heavy (non-hydrogen) atoms. The molecular formula is C14H16ClN3O2S. The van der Waals surface area contributed by atoms with Crippen LogP contribution in [0.1, 0.15) is 34.5 Å². The van der Waals surface area contributed by atoms with E-state index in [2.05, 4.69) is 14.9 Å². The Morgan fingerprint density at radius 3 is 2.67 bits per heavy atom. The highest BCUT2D eigenvalue weighted by molar-refractivity contribution is 7.20. The van der Waals surface area contributed by atoms with E-state index in [1.165, 1.54) is 24.9 Å². The van der Waals surface area contributed by atoms with Gasteiger partial charge in [-0.2, -0.15) is 4.98 Å². The van der Waals surface area contributed by atoms with E-state index >= 15 is 0 Å². The molecule has 3 heterocycles. The van der Waals surface area contributed by atoms with Crippen LogP contribution in [0.3, 0.4) is 0 Å². The van der Waals surface area contributed by atoms with Crippen LogP contribution in [0.5, 0.6) is 0 Å². The second-order valence-electron chi connectivity index (χ2n) is 5.09. The van der Waals surface area contributed by atoms with Crippen molar-refractivity contribution in [3.8, 4) is 0 Å². The van der Waals surface area contributed by atoms with Crippen LogP contribution in [0.4, 0.5) is 5.82 Å². The largest absolute Gasteiger partial charge is 0.465 e. The fourth-order valence-corrected chi connectivity index (χ4v) is 4.02. The van der Waals surface area contributed by atoms with E-state index in [0.29, 0.717) is 4.88 Å². The molecule has 3 rings (SSSR count). The van der Waals surface area contributed by atoms with Crippen LogP contribution in [0.2, 0.25) is 5.28 Å². The van der Waals surface area contributed by atoms with Gasteiger partial charge in [-0.15, -0.1) is 11.3 Å². The number of ether oxygens (including phenoxy) is 1. The van der Waals surface area contributed by atoms with Gasteiger partial charge in [0.25, 0.3) is 0 Å². The van der Waals surface area contributed by atoms with Crippen molar-refractivity contribution in [1.82, 2.24) is 9.97 Å². The average Bonchev–Trinajstić information content (AvgIpc) is 2.83. The van der Waals surface area contributed by atoms with Crippen molar-refractivity contribution in [3.63, 3.8) is 0 Å². The van der Waals surface area contributed by atoms with Gasteiger partial charge in [0.1, 0.15) is 15.5 Å². The minimum atomic E-state index is -0.337. The van der Waals surface area contributed by atoms with Gasteiger partial charge >= 0.3 is 5.97 Å². The van der Waals surface area contributed by atoms with Crippen LogP contribution < -0.4 is 4.90 Å². The quantitative estimate of drug-likeness (QED) is 0.625. The zero-order valence-corrected chi connectivity index (χ0v) is 13.6. The SMILES string of the molecule is COC(=O)c1sc2nc(Cl)nc(N3CCCCC3)c2c1C. The number of carbonyl (C=O) groups excluding carboxylic acids is 1. The van der Waals surface area contributed by atoms with Crippen LogP contribution >= 0.6 is 22.9 Å². The summed E-state index contributed by atoms with van der Waals surface area (Å²) in [5.41, 5.74) is 0.874. The lowest BCUT2D eigenvalue weighted by molar-refractivity contribution is 0.0605. The van der Waals surface area contributed by atoms with Crippen molar-refractivity contribution in [2.24, 2.45) is 0 Å². The number of carbonyl (C=O) groups is 1. The summed E-state index contributed by atoms with van der Waals surface area (Å²) >= 11 is 7.37. The minimum Gasteiger partial charge on any atom is -0.465 e. The Bertz CT molecular complexity index is 695. The molecule has 0 N–H and O–H groups in total. The summed E-state index contributed by atoms with van der Waals surface area (Å²) in [7, 11) is 1.39. The second-order valence-corrected chi connectivity index (χ2v) is 6.43. The fourth-order valence-electron chi connectivity index (χ4n) is 2.71.